The molecule has 3 nitrogen and oxygen atoms in total. The van der Waals surface area contributed by atoms with Crippen molar-refractivity contribution >= 4 is 0 Å². The average Bonchev–Trinajstić information content (AvgIpc) is 2.66. The van der Waals surface area contributed by atoms with Crippen LogP contribution in [0.3, 0.4) is 0 Å². The Morgan fingerprint density at radius 3 is 2.79 bits per heavy atom. The molecule has 2 rings (SSSR count). The van der Waals surface area contributed by atoms with E-state index in [1.807, 2.05) is 6.92 Å². The molecule has 0 radical (unpaired) electrons. The minimum Gasteiger partial charge on any atom is -0.381 e. The van der Waals surface area contributed by atoms with Gasteiger partial charge in [-0.25, -0.2) is 0 Å². The fourth-order valence-corrected chi connectivity index (χ4v) is 2.51. The van der Waals surface area contributed by atoms with Gasteiger partial charge in [-0.15, -0.1) is 0 Å². The third-order valence-electron chi connectivity index (χ3n) is 3.25. The molecule has 0 amide bonds. The SMILES string of the molecule is CCOCC1CCCCC12OCCO2. The van der Waals surface area contributed by atoms with Crippen molar-refractivity contribution < 1.29 is 14.2 Å². The molecule has 3 heteroatoms. The Morgan fingerprint density at radius 1 is 1.29 bits per heavy atom. The molecule has 2 fully saturated rings. The van der Waals surface area contributed by atoms with Gasteiger partial charge in [0.25, 0.3) is 0 Å². The molecule has 14 heavy (non-hydrogen) atoms. The molecule has 1 spiro atoms. The summed E-state index contributed by atoms with van der Waals surface area (Å²) in [5.74, 6) is 0.159. The molecule has 2 aliphatic rings. The zero-order valence-electron chi connectivity index (χ0n) is 8.96. The van der Waals surface area contributed by atoms with Crippen molar-refractivity contribution in [2.45, 2.75) is 38.4 Å². The van der Waals surface area contributed by atoms with Crippen LogP contribution in [0.4, 0.5) is 0 Å². The lowest BCUT2D eigenvalue weighted by molar-refractivity contribution is -0.222. The highest BCUT2D eigenvalue weighted by Gasteiger charge is 2.45. The summed E-state index contributed by atoms with van der Waals surface area (Å²) in [5.41, 5.74) is 0. The Labute approximate surface area is 85.7 Å². The van der Waals surface area contributed by atoms with E-state index in [0.717, 1.165) is 32.8 Å². The van der Waals surface area contributed by atoms with Crippen molar-refractivity contribution in [1.29, 1.82) is 0 Å². The van der Waals surface area contributed by atoms with Crippen molar-refractivity contribution in [1.82, 2.24) is 0 Å². The zero-order chi connectivity index (χ0) is 9.86. The second-order valence-corrected chi connectivity index (χ2v) is 4.11. The molecule has 1 saturated carbocycles. The molecule has 0 N–H and O–H groups in total. The molecule has 1 saturated heterocycles. The highest BCUT2D eigenvalue weighted by atomic mass is 16.7. The number of ether oxygens (including phenoxy) is 3. The zero-order valence-corrected chi connectivity index (χ0v) is 8.96. The van der Waals surface area contributed by atoms with E-state index in [2.05, 4.69) is 0 Å². The van der Waals surface area contributed by atoms with Gasteiger partial charge in [-0.05, 0) is 19.8 Å². The number of hydrogen-bond donors (Lipinski definition) is 0. The first kappa shape index (κ1) is 10.4. The Hall–Kier alpha value is -0.120. The molecule has 0 aromatic rings. The monoisotopic (exact) mass is 200 g/mol. The summed E-state index contributed by atoms with van der Waals surface area (Å²) in [7, 11) is 0. The number of rotatable bonds is 3. The minimum atomic E-state index is -0.284. The quantitative estimate of drug-likeness (QED) is 0.697. The van der Waals surface area contributed by atoms with E-state index < -0.39 is 0 Å². The van der Waals surface area contributed by atoms with Gasteiger partial charge in [-0.3, -0.25) is 0 Å². The molecule has 0 aromatic heterocycles. The van der Waals surface area contributed by atoms with Crippen LogP contribution in [0.1, 0.15) is 32.6 Å². The van der Waals surface area contributed by atoms with E-state index in [4.69, 9.17) is 14.2 Å². The summed E-state index contributed by atoms with van der Waals surface area (Å²) >= 11 is 0. The largest absolute Gasteiger partial charge is 0.381 e. The van der Waals surface area contributed by atoms with Crippen molar-refractivity contribution in [3.63, 3.8) is 0 Å². The third-order valence-corrected chi connectivity index (χ3v) is 3.25. The van der Waals surface area contributed by atoms with E-state index >= 15 is 0 Å². The van der Waals surface area contributed by atoms with E-state index in [9.17, 15) is 0 Å². The molecular weight excluding hydrogens is 180 g/mol. The van der Waals surface area contributed by atoms with Gasteiger partial charge in [-0.2, -0.15) is 0 Å². The normalized spacial score (nSPS) is 31.1. The Morgan fingerprint density at radius 2 is 2.07 bits per heavy atom. The highest BCUT2D eigenvalue weighted by molar-refractivity contribution is 4.86. The van der Waals surface area contributed by atoms with Crippen LogP contribution in [0.2, 0.25) is 0 Å². The fraction of sp³-hybridized carbons (Fsp3) is 1.00. The lowest BCUT2D eigenvalue weighted by atomic mass is 9.84. The van der Waals surface area contributed by atoms with Gasteiger partial charge in [0.2, 0.25) is 0 Å². The predicted octanol–water partition coefficient (Wildman–Crippen LogP) is 1.96. The fourth-order valence-electron chi connectivity index (χ4n) is 2.51. The molecule has 1 aliphatic heterocycles. The van der Waals surface area contributed by atoms with Crippen LogP contribution >= 0.6 is 0 Å². The summed E-state index contributed by atoms with van der Waals surface area (Å²) in [6.45, 7) is 5.11. The molecule has 1 aliphatic carbocycles. The van der Waals surface area contributed by atoms with Gasteiger partial charge in [0.1, 0.15) is 0 Å². The highest BCUT2D eigenvalue weighted by Crippen LogP contribution is 2.40. The molecular formula is C11H20O3. The average molecular weight is 200 g/mol. The molecule has 1 atom stereocenters. The first-order valence-electron chi connectivity index (χ1n) is 5.73. The van der Waals surface area contributed by atoms with E-state index in [1.54, 1.807) is 0 Å². The first-order chi connectivity index (χ1) is 6.87. The lowest BCUT2D eigenvalue weighted by Gasteiger charge is -2.39. The van der Waals surface area contributed by atoms with Crippen LogP contribution in [0.5, 0.6) is 0 Å². The molecule has 1 unspecified atom stereocenters. The maximum atomic E-state index is 5.79. The minimum absolute atomic E-state index is 0.284. The summed E-state index contributed by atoms with van der Waals surface area (Å²) in [6.07, 6.45) is 4.74. The predicted molar refractivity (Wildman–Crippen MR) is 53.1 cm³/mol. The van der Waals surface area contributed by atoms with Crippen molar-refractivity contribution in [3.8, 4) is 0 Å². The van der Waals surface area contributed by atoms with Crippen LogP contribution < -0.4 is 0 Å². The van der Waals surface area contributed by atoms with E-state index in [0.29, 0.717) is 5.92 Å². The van der Waals surface area contributed by atoms with Gasteiger partial charge < -0.3 is 14.2 Å². The van der Waals surface area contributed by atoms with Crippen LogP contribution in [0, 0.1) is 5.92 Å². The van der Waals surface area contributed by atoms with Crippen LogP contribution in [-0.4, -0.2) is 32.2 Å². The van der Waals surface area contributed by atoms with Crippen molar-refractivity contribution in [3.05, 3.63) is 0 Å². The van der Waals surface area contributed by atoms with Gasteiger partial charge in [-0.1, -0.05) is 6.42 Å². The Bertz CT molecular complexity index is 175. The molecule has 0 aromatic carbocycles. The van der Waals surface area contributed by atoms with Gasteiger partial charge >= 0.3 is 0 Å². The maximum absolute atomic E-state index is 5.79. The van der Waals surface area contributed by atoms with Crippen LogP contribution in [0.15, 0.2) is 0 Å². The van der Waals surface area contributed by atoms with E-state index in [1.165, 1.54) is 19.3 Å². The summed E-state index contributed by atoms with van der Waals surface area (Å²) in [5, 5.41) is 0. The smallest absolute Gasteiger partial charge is 0.173 e. The summed E-state index contributed by atoms with van der Waals surface area (Å²) in [6, 6.07) is 0. The second-order valence-electron chi connectivity index (χ2n) is 4.11. The van der Waals surface area contributed by atoms with Crippen molar-refractivity contribution in [2.75, 3.05) is 26.4 Å². The van der Waals surface area contributed by atoms with Gasteiger partial charge in [0.05, 0.1) is 19.8 Å². The van der Waals surface area contributed by atoms with Gasteiger partial charge in [0.15, 0.2) is 5.79 Å². The Kier molecular flexibility index (Phi) is 3.42. The summed E-state index contributed by atoms with van der Waals surface area (Å²) < 4.78 is 17.1. The molecule has 1 heterocycles. The van der Waals surface area contributed by atoms with Crippen LogP contribution in [-0.2, 0) is 14.2 Å². The lowest BCUT2D eigenvalue weighted by Crippen LogP contribution is -2.44. The Balaban J connectivity index is 1.95. The third kappa shape index (κ3) is 1.95. The molecule has 82 valence electrons. The standard InChI is InChI=1S/C11H20O3/c1-2-12-9-10-5-3-4-6-11(10)13-7-8-14-11/h10H,2-9H2,1H3. The second kappa shape index (κ2) is 4.60. The van der Waals surface area contributed by atoms with Crippen molar-refractivity contribution in [2.24, 2.45) is 5.92 Å². The first-order valence-corrected chi connectivity index (χ1v) is 5.73. The topological polar surface area (TPSA) is 27.7 Å². The van der Waals surface area contributed by atoms with Crippen LogP contribution in [0.25, 0.3) is 0 Å². The summed E-state index contributed by atoms with van der Waals surface area (Å²) in [4.78, 5) is 0. The maximum Gasteiger partial charge on any atom is 0.173 e. The van der Waals surface area contributed by atoms with Gasteiger partial charge in [0, 0.05) is 18.9 Å². The number of hydrogen-bond acceptors (Lipinski definition) is 3. The van der Waals surface area contributed by atoms with E-state index in [-0.39, 0.29) is 5.79 Å². The molecule has 0 bridgehead atoms.